The number of aromatic nitrogens is 1. The van der Waals surface area contributed by atoms with E-state index in [9.17, 15) is 4.79 Å². The summed E-state index contributed by atoms with van der Waals surface area (Å²) < 4.78 is 14.5. The summed E-state index contributed by atoms with van der Waals surface area (Å²) in [6.07, 6.45) is 2.06. The molecular formula is C23H28N2O3S. The second kappa shape index (κ2) is 10.4. The smallest absolute Gasteiger partial charge is 0.279 e. The summed E-state index contributed by atoms with van der Waals surface area (Å²) in [5.74, 6) is 0.441. The molecule has 0 fully saturated rings. The molecule has 0 saturated carbocycles. The largest absolute Gasteiger partial charge is 0.494 e. The van der Waals surface area contributed by atoms with E-state index >= 15 is 0 Å². The summed E-state index contributed by atoms with van der Waals surface area (Å²) in [6, 6.07) is 13.4. The molecule has 1 aromatic heterocycles. The van der Waals surface area contributed by atoms with Crippen molar-refractivity contribution in [2.24, 2.45) is 4.99 Å². The van der Waals surface area contributed by atoms with Crippen molar-refractivity contribution in [1.82, 2.24) is 4.57 Å². The molecule has 0 unspecified atom stereocenters. The standard InChI is InChI=1S/C23H28N2O3S/c1-4-6-14-28-19-11-8-10-18(16-19)22(26)24-23-25(13-15-27-5-2)21-17(3)9-7-12-20(21)29-23/h7-12,16H,4-6,13-15H2,1-3H3. The second-order valence-corrected chi connectivity index (χ2v) is 7.81. The molecule has 2 aromatic carbocycles. The maximum absolute atomic E-state index is 12.9. The van der Waals surface area contributed by atoms with Crippen LogP contribution in [0, 0.1) is 6.92 Å². The Labute approximate surface area is 175 Å². The highest BCUT2D eigenvalue weighted by atomic mass is 32.1. The first-order valence-corrected chi connectivity index (χ1v) is 10.9. The molecule has 1 amide bonds. The summed E-state index contributed by atoms with van der Waals surface area (Å²) >= 11 is 1.53. The molecule has 0 saturated heterocycles. The van der Waals surface area contributed by atoms with Crippen molar-refractivity contribution in [2.75, 3.05) is 19.8 Å². The molecule has 0 atom stereocenters. The minimum atomic E-state index is -0.264. The molecule has 0 spiro atoms. The van der Waals surface area contributed by atoms with Crippen molar-refractivity contribution in [3.8, 4) is 5.75 Å². The number of aryl methyl sites for hydroxylation is 1. The first-order chi connectivity index (χ1) is 14.1. The first-order valence-electron chi connectivity index (χ1n) is 10.1. The van der Waals surface area contributed by atoms with Gasteiger partial charge in [-0.1, -0.05) is 42.9 Å². The number of carbonyl (C=O) groups is 1. The molecule has 0 aliphatic heterocycles. The predicted octanol–water partition coefficient (Wildman–Crippen LogP) is 4.97. The lowest BCUT2D eigenvalue weighted by Crippen LogP contribution is -2.20. The van der Waals surface area contributed by atoms with Gasteiger partial charge >= 0.3 is 0 Å². The van der Waals surface area contributed by atoms with E-state index in [4.69, 9.17) is 9.47 Å². The lowest BCUT2D eigenvalue weighted by molar-refractivity contribution is 0.0996. The van der Waals surface area contributed by atoms with Crippen molar-refractivity contribution in [2.45, 2.75) is 40.2 Å². The van der Waals surface area contributed by atoms with Crippen LogP contribution < -0.4 is 9.54 Å². The lowest BCUT2D eigenvalue weighted by atomic mass is 10.2. The summed E-state index contributed by atoms with van der Waals surface area (Å²) in [5.41, 5.74) is 2.81. The van der Waals surface area contributed by atoms with Gasteiger partial charge in [0.1, 0.15) is 5.75 Å². The maximum Gasteiger partial charge on any atom is 0.279 e. The average molecular weight is 413 g/mol. The molecule has 6 heteroatoms. The molecule has 1 heterocycles. The normalized spacial score (nSPS) is 11.9. The highest BCUT2D eigenvalue weighted by Gasteiger charge is 2.11. The van der Waals surface area contributed by atoms with E-state index in [1.807, 2.05) is 25.1 Å². The molecule has 0 radical (unpaired) electrons. The summed E-state index contributed by atoms with van der Waals surface area (Å²) in [5, 5.41) is 0. The number of thiazole rings is 1. The van der Waals surface area contributed by atoms with E-state index in [1.165, 1.54) is 11.3 Å². The highest BCUT2D eigenvalue weighted by molar-refractivity contribution is 7.16. The first kappa shape index (κ1) is 21.3. The van der Waals surface area contributed by atoms with Gasteiger partial charge in [0.25, 0.3) is 5.91 Å². The van der Waals surface area contributed by atoms with Crippen LogP contribution in [0.3, 0.4) is 0 Å². The number of rotatable bonds is 9. The molecule has 3 rings (SSSR count). The summed E-state index contributed by atoms with van der Waals surface area (Å²) in [6.45, 7) is 8.73. The zero-order valence-corrected chi connectivity index (χ0v) is 18.1. The Kier molecular flexibility index (Phi) is 7.61. The van der Waals surface area contributed by atoms with E-state index in [2.05, 4.69) is 35.5 Å². The Morgan fingerprint density at radius 2 is 1.97 bits per heavy atom. The number of hydrogen-bond donors (Lipinski definition) is 0. The minimum Gasteiger partial charge on any atom is -0.494 e. The number of carbonyl (C=O) groups excluding carboxylic acids is 1. The number of para-hydroxylation sites is 1. The third-order valence-corrected chi connectivity index (χ3v) is 5.65. The van der Waals surface area contributed by atoms with Gasteiger partial charge in [0.2, 0.25) is 0 Å². The Morgan fingerprint density at radius 1 is 1.14 bits per heavy atom. The Hall–Kier alpha value is -2.44. The molecule has 0 aliphatic rings. The van der Waals surface area contributed by atoms with Crippen LogP contribution in [0.1, 0.15) is 42.6 Å². The molecule has 0 bridgehead atoms. The maximum atomic E-state index is 12.9. The third kappa shape index (κ3) is 5.34. The average Bonchev–Trinajstić information content (AvgIpc) is 3.07. The van der Waals surface area contributed by atoms with Crippen LogP contribution in [0.15, 0.2) is 47.5 Å². The Balaban J connectivity index is 1.94. The van der Waals surface area contributed by atoms with Crippen molar-refractivity contribution in [3.05, 3.63) is 58.4 Å². The van der Waals surface area contributed by atoms with Gasteiger partial charge in [0.05, 0.1) is 23.4 Å². The van der Waals surface area contributed by atoms with Gasteiger partial charge in [-0.2, -0.15) is 4.99 Å². The van der Waals surface area contributed by atoms with Gasteiger partial charge in [-0.25, -0.2) is 0 Å². The molecular weight excluding hydrogens is 384 g/mol. The zero-order valence-electron chi connectivity index (χ0n) is 17.3. The summed E-state index contributed by atoms with van der Waals surface area (Å²) in [4.78, 5) is 18.0. The molecule has 0 N–H and O–H groups in total. The number of amides is 1. The van der Waals surface area contributed by atoms with Gasteiger partial charge in [0.15, 0.2) is 4.80 Å². The van der Waals surface area contributed by atoms with E-state index in [0.717, 1.165) is 28.6 Å². The molecule has 29 heavy (non-hydrogen) atoms. The van der Waals surface area contributed by atoms with Gasteiger partial charge in [-0.3, -0.25) is 4.79 Å². The third-order valence-electron chi connectivity index (χ3n) is 4.61. The van der Waals surface area contributed by atoms with Crippen LogP contribution in [-0.4, -0.2) is 30.3 Å². The Morgan fingerprint density at radius 3 is 2.76 bits per heavy atom. The highest BCUT2D eigenvalue weighted by Crippen LogP contribution is 2.21. The van der Waals surface area contributed by atoms with Crippen molar-refractivity contribution >= 4 is 27.5 Å². The monoisotopic (exact) mass is 412 g/mol. The SMILES string of the molecule is CCCCOc1cccc(C(=O)N=c2sc3cccc(C)c3n2CCOCC)c1. The molecule has 0 aliphatic carbocycles. The van der Waals surface area contributed by atoms with Crippen LogP contribution in [0.5, 0.6) is 5.75 Å². The van der Waals surface area contributed by atoms with Crippen LogP contribution in [0.2, 0.25) is 0 Å². The van der Waals surface area contributed by atoms with Crippen LogP contribution in [0.25, 0.3) is 10.2 Å². The zero-order chi connectivity index (χ0) is 20.6. The quantitative estimate of drug-likeness (QED) is 0.466. The predicted molar refractivity (Wildman–Crippen MR) is 118 cm³/mol. The van der Waals surface area contributed by atoms with Gasteiger partial charge in [-0.05, 0) is 50.1 Å². The fourth-order valence-corrected chi connectivity index (χ4v) is 4.24. The van der Waals surface area contributed by atoms with E-state index in [1.54, 1.807) is 12.1 Å². The molecule has 5 nitrogen and oxygen atoms in total. The van der Waals surface area contributed by atoms with Gasteiger partial charge < -0.3 is 14.0 Å². The van der Waals surface area contributed by atoms with E-state index in [0.29, 0.717) is 42.5 Å². The number of unbranched alkanes of at least 4 members (excludes halogenated alkanes) is 1. The van der Waals surface area contributed by atoms with Gasteiger partial charge in [-0.15, -0.1) is 0 Å². The minimum absolute atomic E-state index is 0.264. The number of hydrogen-bond acceptors (Lipinski definition) is 4. The molecule has 154 valence electrons. The van der Waals surface area contributed by atoms with Crippen molar-refractivity contribution < 1.29 is 14.3 Å². The number of ether oxygens (including phenoxy) is 2. The van der Waals surface area contributed by atoms with Crippen LogP contribution in [0.4, 0.5) is 0 Å². The van der Waals surface area contributed by atoms with E-state index in [-0.39, 0.29) is 5.91 Å². The van der Waals surface area contributed by atoms with E-state index < -0.39 is 0 Å². The topological polar surface area (TPSA) is 52.8 Å². The number of nitrogens with zero attached hydrogens (tertiary/aromatic N) is 2. The fraction of sp³-hybridized carbons (Fsp3) is 0.391. The van der Waals surface area contributed by atoms with Crippen molar-refractivity contribution in [3.63, 3.8) is 0 Å². The molecule has 3 aromatic rings. The van der Waals surface area contributed by atoms with Gasteiger partial charge in [0, 0.05) is 18.7 Å². The second-order valence-electron chi connectivity index (χ2n) is 6.80. The number of benzene rings is 2. The van der Waals surface area contributed by atoms with Crippen LogP contribution in [-0.2, 0) is 11.3 Å². The summed E-state index contributed by atoms with van der Waals surface area (Å²) in [7, 11) is 0. The van der Waals surface area contributed by atoms with Crippen molar-refractivity contribution in [1.29, 1.82) is 0 Å². The Bertz CT molecular complexity index is 1040. The lowest BCUT2D eigenvalue weighted by Gasteiger charge is -2.07. The number of fused-ring (bicyclic) bond motifs is 1. The fourth-order valence-electron chi connectivity index (χ4n) is 3.10. The van der Waals surface area contributed by atoms with Crippen LogP contribution >= 0.6 is 11.3 Å².